The Morgan fingerprint density at radius 3 is 2.84 bits per heavy atom. The minimum absolute atomic E-state index is 0.0307. The summed E-state index contributed by atoms with van der Waals surface area (Å²) in [6.45, 7) is 2.74. The first-order chi connectivity index (χ1) is 12.0. The molecule has 0 bridgehead atoms. The van der Waals surface area contributed by atoms with E-state index in [1.54, 1.807) is 16.8 Å². The highest BCUT2D eigenvalue weighted by Gasteiger charge is 2.43. The fourth-order valence-electron chi connectivity index (χ4n) is 3.74. The molecule has 25 heavy (non-hydrogen) atoms. The van der Waals surface area contributed by atoms with Crippen LogP contribution < -0.4 is 20.9 Å². The largest absolute Gasteiger partial charge is 0.439 e. The molecule has 132 valence electrons. The molecule has 1 aromatic heterocycles. The van der Waals surface area contributed by atoms with Crippen LogP contribution in [0.4, 0.5) is 0 Å². The van der Waals surface area contributed by atoms with Crippen LogP contribution in [0.3, 0.4) is 0 Å². The molecule has 0 radical (unpaired) electrons. The van der Waals surface area contributed by atoms with Gasteiger partial charge in [0.25, 0.3) is 0 Å². The Morgan fingerprint density at radius 2 is 2.08 bits per heavy atom. The Balaban J connectivity index is 1.71. The lowest BCUT2D eigenvalue weighted by atomic mass is 9.79. The fraction of sp³-hybridized carbons (Fsp3) is 0.412. The Hall–Kier alpha value is -2.09. The molecule has 3 N–H and O–H groups in total. The van der Waals surface area contributed by atoms with E-state index in [2.05, 4.69) is 21.3 Å². The average molecular weight is 362 g/mol. The molecule has 0 aliphatic carbocycles. The SMILES string of the molecule is Cc1nn(C)c(Oc2ccc(Cl)cc2)c1C1CC(=O)NC2NNCC21. The maximum Gasteiger partial charge on any atom is 0.221 e. The lowest BCUT2D eigenvalue weighted by Gasteiger charge is -2.33. The molecule has 7 nitrogen and oxygen atoms in total. The van der Waals surface area contributed by atoms with Gasteiger partial charge in [0, 0.05) is 42.4 Å². The summed E-state index contributed by atoms with van der Waals surface area (Å²) in [5, 5.41) is 8.17. The van der Waals surface area contributed by atoms with Crippen LogP contribution in [0, 0.1) is 12.8 Å². The summed E-state index contributed by atoms with van der Waals surface area (Å²) in [4.78, 5) is 12.2. The molecule has 2 aliphatic heterocycles. The molecular formula is C17H20ClN5O2. The van der Waals surface area contributed by atoms with Crippen molar-refractivity contribution < 1.29 is 9.53 Å². The maximum absolute atomic E-state index is 12.2. The van der Waals surface area contributed by atoms with Crippen LogP contribution in [0.2, 0.25) is 5.02 Å². The number of ether oxygens (including phenoxy) is 1. The monoisotopic (exact) mass is 361 g/mol. The molecule has 3 heterocycles. The van der Waals surface area contributed by atoms with Crippen molar-refractivity contribution in [1.82, 2.24) is 25.9 Å². The van der Waals surface area contributed by atoms with Gasteiger partial charge in [0.2, 0.25) is 11.8 Å². The van der Waals surface area contributed by atoms with Crippen LogP contribution in [-0.4, -0.2) is 28.4 Å². The standard InChI is InChI=1S/C17H20ClN5O2/c1-9-15(12-7-14(24)20-16-13(12)8-19-21-16)17(23(2)22-9)25-11-5-3-10(18)4-6-11/h3-6,12-13,16,19,21H,7-8H2,1-2H3,(H,20,24). The second-order valence-corrected chi connectivity index (χ2v) is 6.97. The van der Waals surface area contributed by atoms with Crippen LogP contribution in [0.15, 0.2) is 24.3 Å². The van der Waals surface area contributed by atoms with Gasteiger partial charge in [-0.25, -0.2) is 10.1 Å². The summed E-state index contributed by atoms with van der Waals surface area (Å²) in [6.07, 6.45) is 0.350. The Kier molecular flexibility index (Phi) is 4.15. The van der Waals surface area contributed by atoms with Crippen molar-refractivity contribution in [2.24, 2.45) is 13.0 Å². The number of halogens is 1. The number of nitrogens with zero attached hydrogens (tertiary/aromatic N) is 2. The zero-order chi connectivity index (χ0) is 17.6. The summed E-state index contributed by atoms with van der Waals surface area (Å²) >= 11 is 5.95. The average Bonchev–Trinajstić information content (AvgIpc) is 3.13. The van der Waals surface area contributed by atoms with Crippen molar-refractivity contribution in [2.45, 2.75) is 25.4 Å². The van der Waals surface area contributed by atoms with Crippen molar-refractivity contribution in [3.05, 3.63) is 40.5 Å². The number of aromatic nitrogens is 2. The summed E-state index contributed by atoms with van der Waals surface area (Å²) in [5.41, 5.74) is 8.14. The van der Waals surface area contributed by atoms with Gasteiger partial charge in [-0.05, 0) is 31.2 Å². The van der Waals surface area contributed by atoms with Crippen molar-refractivity contribution in [3.8, 4) is 11.6 Å². The minimum Gasteiger partial charge on any atom is -0.439 e. The minimum atomic E-state index is -0.0748. The lowest BCUT2D eigenvalue weighted by molar-refractivity contribution is -0.124. The first-order valence-corrected chi connectivity index (χ1v) is 8.65. The van der Waals surface area contributed by atoms with Crippen LogP contribution >= 0.6 is 11.6 Å². The van der Waals surface area contributed by atoms with E-state index in [1.807, 2.05) is 26.1 Å². The van der Waals surface area contributed by atoms with E-state index >= 15 is 0 Å². The summed E-state index contributed by atoms with van der Waals surface area (Å²) < 4.78 is 7.86. The molecule has 4 rings (SSSR count). The number of rotatable bonds is 3. The summed E-state index contributed by atoms with van der Waals surface area (Å²) in [7, 11) is 1.85. The Bertz CT molecular complexity index is 804. The highest BCUT2D eigenvalue weighted by Crippen LogP contribution is 2.41. The molecule has 3 unspecified atom stereocenters. The number of amides is 1. The van der Waals surface area contributed by atoms with Gasteiger partial charge in [0.1, 0.15) is 5.75 Å². The van der Waals surface area contributed by atoms with Gasteiger partial charge < -0.3 is 10.1 Å². The molecule has 0 saturated carbocycles. The fourth-order valence-corrected chi connectivity index (χ4v) is 3.87. The smallest absolute Gasteiger partial charge is 0.221 e. The molecule has 0 spiro atoms. The van der Waals surface area contributed by atoms with Gasteiger partial charge in [0.05, 0.1) is 11.9 Å². The number of nitrogens with one attached hydrogen (secondary N) is 3. The van der Waals surface area contributed by atoms with E-state index in [-0.39, 0.29) is 23.9 Å². The lowest BCUT2D eigenvalue weighted by Crippen LogP contribution is -2.52. The summed E-state index contributed by atoms with van der Waals surface area (Å²) in [6, 6.07) is 7.22. The second-order valence-electron chi connectivity index (χ2n) is 6.53. The van der Waals surface area contributed by atoms with Crippen LogP contribution in [-0.2, 0) is 11.8 Å². The second kappa shape index (κ2) is 6.33. The number of benzene rings is 1. The highest BCUT2D eigenvalue weighted by molar-refractivity contribution is 6.30. The van der Waals surface area contributed by atoms with Crippen LogP contribution in [0.5, 0.6) is 11.6 Å². The van der Waals surface area contributed by atoms with Crippen LogP contribution in [0.25, 0.3) is 0 Å². The van der Waals surface area contributed by atoms with E-state index in [0.29, 0.717) is 23.1 Å². The Morgan fingerprint density at radius 1 is 1.32 bits per heavy atom. The highest BCUT2D eigenvalue weighted by atomic mass is 35.5. The molecule has 8 heteroatoms. The molecule has 3 atom stereocenters. The van der Waals surface area contributed by atoms with Crippen LogP contribution in [0.1, 0.15) is 23.6 Å². The third-order valence-corrected chi connectivity index (χ3v) is 5.13. The van der Waals surface area contributed by atoms with Crippen molar-refractivity contribution in [1.29, 1.82) is 0 Å². The van der Waals surface area contributed by atoms with Gasteiger partial charge >= 0.3 is 0 Å². The van der Waals surface area contributed by atoms with E-state index in [9.17, 15) is 4.79 Å². The quantitative estimate of drug-likeness (QED) is 0.777. The van der Waals surface area contributed by atoms with Gasteiger partial charge in [0.15, 0.2) is 0 Å². The molecule has 2 fully saturated rings. The number of piperidine rings is 1. The molecule has 1 amide bonds. The number of fused-ring (bicyclic) bond motifs is 1. The molecule has 2 saturated heterocycles. The van der Waals surface area contributed by atoms with Crippen molar-refractivity contribution >= 4 is 17.5 Å². The number of hydrogen-bond acceptors (Lipinski definition) is 5. The van der Waals surface area contributed by atoms with E-state index < -0.39 is 0 Å². The van der Waals surface area contributed by atoms with E-state index in [4.69, 9.17) is 16.3 Å². The third-order valence-electron chi connectivity index (χ3n) is 4.88. The first kappa shape index (κ1) is 16.4. The molecule has 2 aliphatic rings. The maximum atomic E-state index is 12.2. The number of aryl methyl sites for hydroxylation is 2. The van der Waals surface area contributed by atoms with Gasteiger partial charge in [-0.15, -0.1) is 0 Å². The zero-order valence-corrected chi connectivity index (χ0v) is 14.8. The molecular weight excluding hydrogens is 342 g/mol. The summed E-state index contributed by atoms with van der Waals surface area (Å²) in [5.74, 6) is 1.67. The van der Waals surface area contributed by atoms with Crippen molar-refractivity contribution in [2.75, 3.05) is 6.54 Å². The topological polar surface area (TPSA) is 80.2 Å². The number of hydrazine groups is 1. The first-order valence-electron chi connectivity index (χ1n) is 8.27. The zero-order valence-electron chi connectivity index (χ0n) is 14.0. The predicted octanol–water partition coefficient (Wildman–Crippen LogP) is 1.83. The molecule has 2 aromatic rings. The van der Waals surface area contributed by atoms with E-state index in [0.717, 1.165) is 17.8 Å². The van der Waals surface area contributed by atoms with Gasteiger partial charge in [-0.1, -0.05) is 11.6 Å². The van der Waals surface area contributed by atoms with Gasteiger partial charge in [-0.3, -0.25) is 10.2 Å². The van der Waals surface area contributed by atoms with Gasteiger partial charge in [-0.2, -0.15) is 5.10 Å². The predicted molar refractivity (Wildman–Crippen MR) is 93.4 cm³/mol. The number of hydrogen-bond donors (Lipinski definition) is 3. The Labute approximate surface area is 150 Å². The normalized spacial score (nSPS) is 25.6. The van der Waals surface area contributed by atoms with E-state index in [1.165, 1.54) is 0 Å². The molecule has 1 aromatic carbocycles. The number of carbonyl (C=O) groups excluding carboxylic acids is 1. The third kappa shape index (κ3) is 2.99. The van der Waals surface area contributed by atoms with Crippen molar-refractivity contribution in [3.63, 3.8) is 0 Å². The number of carbonyl (C=O) groups is 1.